The average Bonchev–Trinajstić information content (AvgIpc) is 2.85. The number of amides is 2. The number of carbonyl (C=O) groups is 2. The fraction of sp³-hybridized carbons (Fsp3) is 0.308. The highest BCUT2D eigenvalue weighted by atomic mass is 35.5. The molecule has 0 N–H and O–H groups in total. The first kappa shape index (κ1) is 13.9. The first-order chi connectivity index (χ1) is 9.38. The highest BCUT2D eigenvalue weighted by molar-refractivity contribution is 8.16. The molecule has 2 amide bonds. The molecule has 1 aliphatic rings. The molecular weight excluding hydrogens is 316 g/mol. The fourth-order valence-corrected chi connectivity index (χ4v) is 4.22. The van der Waals surface area contributed by atoms with Crippen molar-refractivity contribution in [3.8, 4) is 0 Å². The first-order valence-electron chi connectivity index (χ1n) is 5.96. The monoisotopic (exact) mass is 326 g/mol. The van der Waals surface area contributed by atoms with E-state index < -0.39 is 4.75 Å². The van der Waals surface area contributed by atoms with Gasteiger partial charge in [0.25, 0.3) is 5.24 Å². The van der Waals surface area contributed by atoms with Gasteiger partial charge in [-0.3, -0.25) is 19.5 Å². The van der Waals surface area contributed by atoms with Crippen molar-refractivity contribution in [1.29, 1.82) is 0 Å². The quantitative estimate of drug-likeness (QED) is 0.839. The largest absolute Gasteiger partial charge is 0.289 e. The molecule has 7 heteroatoms. The summed E-state index contributed by atoms with van der Waals surface area (Å²) in [6.07, 6.45) is 1.65. The van der Waals surface area contributed by atoms with E-state index in [0.717, 1.165) is 26.9 Å². The summed E-state index contributed by atoms with van der Waals surface area (Å²) in [5, 5.41) is 0.441. The molecule has 1 saturated heterocycles. The van der Waals surface area contributed by atoms with Gasteiger partial charge in [-0.15, -0.1) is 11.3 Å². The molecule has 2 aromatic heterocycles. The van der Waals surface area contributed by atoms with E-state index in [1.54, 1.807) is 26.1 Å². The predicted octanol–water partition coefficient (Wildman–Crippen LogP) is 3.92. The Morgan fingerprint density at radius 1 is 1.40 bits per heavy atom. The Morgan fingerprint density at radius 3 is 2.75 bits per heavy atom. The van der Waals surface area contributed by atoms with Gasteiger partial charge in [0, 0.05) is 11.1 Å². The molecule has 20 heavy (non-hydrogen) atoms. The van der Waals surface area contributed by atoms with Gasteiger partial charge in [-0.1, -0.05) is 11.6 Å². The van der Waals surface area contributed by atoms with E-state index >= 15 is 0 Å². The molecule has 1 fully saturated rings. The normalized spacial score (nSPS) is 18.2. The lowest BCUT2D eigenvalue weighted by Crippen LogP contribution is -2.34. The van der Waals surface area contributed by atoms with E-state index in [1.165, 1.54) is 16.2 Å². The number of imide groups is 1. The number of thiophene rings is 1. The maximum atomic E-state index is 12.2. The van der Waals surface area contributed by atoms with Crippen LogP contribution in [-0.4, -0.2) is 25.8 Å². The van der Waals surface area contributed by atoms with Gasteiger partial charge >= 0.3 is 0 Å². The molecule has 3 heterocycles. The standard InChI is InChI=1S/C13H11ClN2O2S2/c1-13(2)11(17)16(12(18)20-13)6-7-5-9-10(19-7)8(14)3-4-15-9/h3-5H,6H2,1-2H3. The maximum absolute atomic E-state index is 12.2. The second kappa shape index (κ2) is 4.72. The van der Waals surface area contributed by atoms with Gasteiger partial charge in [-0.05, 0) is 37.7 Å². The van der Waals surface area contributed by atoms with Crippen LogP contribution in [0.15, 0.2) is 18.3 Å². The summed E-state index contributed by atoms with van der Waals surface area (Å²) in [4.78, 5) is 30.5. The van der Waals surface area contributed by atoms with Crippen LogP contribution in [0.4, 0.5) is 4.79 Å². The van der Waals surface area contributed by atoms with Crippen LogP contribution in [0.5, 0.6) is 0 Å². The second-order valence-corrected chi connectivity index (χ2v) is 8.11. The van der Waals surface area contributed by atoms with Crippen molar-refractivity contribution in [1.82, 2.24) is 9.88 Å². The Labute approximate surface area is 129 Å². The van der Waals surface area contributed by atoms with Crippen LogP contribution in [0, 0.1) is 0 Å². The second-order valence-electron chi connectivity index (χ2n) is 4.99. The summed E-state index contributed by atoms with van der Waals surface area (Å²) in [6.45, 7) is 3.81. The van der Waals surface area contributed by atoms with Gasteiger partial charge in [0.2, 0.25) is 5.91 Å². The summed E-state index contributed by atoms with van der Waals surface area (Å²) in [6, 6.07) is 3.61. The molecule has 3 rings (SSSR count). The van der Waals surface area contributed by atoms with Crippen molar-refractivity contribution in [3.05, 3.63) is 28.2 Å². The van der Waals surface area contributed by atoms with Gasteiger partial charge in [-0.25, -0.2) is 0 Å². The van der Waals surface area contributed by atoms with Crippen LogP contribution in [0.3, 0.4) is 0 Å². The van der Waals surface area contributed by atoms with E-state index in [0.29, 0.717) is 5.02 Å². The zero-order valence-electron chi connectivity index (χ0n) is 10.8. The van der Waals surface area contributed by atoms with Gasteiger partial charge in [0.05, 0.1) is 26.5 Å². The molecule has 0 radical (unpaired) electrons. The molecule has 0 atom stereocenters. The van der Waals surface area contributed by atoms with E-state index in [2.05, 4.69) is 4.98 Å². The number of pyridine rings is 1. The van der Waals surface area contributed by atoms with Crippen molar-refractivity contribution in [2.75, 3.05) is 0 Å². The van der Waals surface area contributed by atoms with Crippen LogP contribution in [0.2, 0.25) is 5.02 Å². The number of fused-ring (bicyclic) bond motifs is 1. The zero-order valence-corrected chi connectivity index (χ0v) is 13.2. The van der Waals surface area contributed by atoms with Crippen LogP contribution in [0.25, 0.3) is 10.2 Å². The first-order valence-corrected chi connectivity index (χ1v) is 7.97. The lowest BCUT2D eigenvalue weighted by Gasteiger charge is -2.15. The van der Waals surface area contributed by atoms with E-state index in [-0.39, 0.29) is 17.7 Å². The molecule has 0 aliphatic carbocycles. The minimum atomic E-state index is -0.677. The van der Waals surface area contributed by atoms with Crippen molar-refractivity contribution in [2.24, 2.45) is 0 Å². The molecule has 0 saturated carbocycles. The molecule has 0 aromatic carbocycles. The minimum Gasteiger partial charge on any atom is -0.273 e. The van der Waals surface area contributed by atoms with Crippen molar-refractivity contribution < 1.29 is 9.59 Å². The lowest BCUT2D eigenvalue weighted by molar-refractivity contribution is -0.129. The molecule has 2 aromatic rings. The molecule has 4 nitrogen and oxygen atoms in total. The maximum Gasteiger partial charge on any atom is 0.289 e. The number of aromatic nitrogens is 1. The lowest BCUT2D eigenvalue weighted by atomic mass is 10.2. The Kier molecular flexibility index (Phi) is 3.27. The SMILES string of the molecule is CC1(C)SC(=O)N(Cc2cc3nccc(Cl)c3s2)C1=O. The minimum absolute atomic E-state index is 0.149. The highest BCUT2D eigenvalue weighted by Crippen LogP contribution is 2.39. The summed E-state index contributed by atoms with van der Waals surface area (Å²) >= 11 is 8.64. The molecule has 0 bridgehead atoms. The molecular formula is C13H11ClN2O2S2. The third kappa shape index (κ3) is 2.21. The summed E-state index contributed by atoms with van der Waals surface area (Å²) in [7, 11) is 0. The Bertz CT molecular complexity index is 726. The summed E-state index contributed by atoms with van der Waals surface area (Å²) in [5.41, 5.74) is 0.795. The predicted molar refractivity (Wildman–Crippen MR) is 82.2 cm³/mol. The van der Waals surface area contributed by atoms with Gasteiger partial charge < -0.3 is 0 Å². The Morgan fingerprint density at radius 2 is 2.15 bits per heavy atom. The van der Waals surface area contributed by atoms with Gasteiger partial charge in [-0.2, -0.15) is 0 Å². The van der Waals surface area contributed by atoms with Gasteiger partial charge in [0.15, 0.2) is 0 Å². The smallest absolute Gasteiger partial charge is 0.273 e. The number of rotatable bonds is 2. The third-order valence-corrected chi connectivity index (χ3v) is 5.70. The molecule has 0 unspecified atom stereocenters. The number of hydrogen-bond donors (Lipinski definition) is 0. The molecule has 104 valence electrons. The highest BCUT2D eigenvalue weighted by Gasteiger charge is 2.45. The van der Waals surface area contributed by atoms with Crippen LogP contribution in [0.1, 0.15) is 18.7 Å². The molecule has 0 spiro atoms. The fourth-order valence-electron chi connectivity index (χ4n) is 2.05. The number of halogens is 1. The average molecular weight is 327 g/mol. The van der Waals surface area contributed by atoms with Crippen molar-refractivity contribution in [3.63, 3.8) is 0 Å². The third-order valence-electron chi connectivity index (χ3n) is 3.05. The number of hydrogen-bond acceptors (Lipinski definition) is 5. The zero-order chi connectivity index (χ0) is 14.5. The Hall–Kier alpha value is -1.11. The van der Waals surface area contributed by atoms with E-state index in [1.807, 2.05) is 6.07 Å². The van der Waals surface area contributed by atoms with E-state index in [9.17, 15) is 9.59 Å². The number of nitrogens with zero attached hydrogens (tertiary/aromatic N) is 2. The topological polar surface area (TPSA) is 50.3 Å². The Balaban J connectivity index is 1.92. The van der Waals surface area contributed by atoms with Crippen LogP contribution in [-0.2, 0) is 11.3 Å². The van der Waals surface area contributed by atoms with Gasteiger partial charge in [0.1, 0.15) is 0 Å². The number of carbonyl (C=O) groups excluding carboxylic acids is 2. The summed E-state index contributed by atoms with van der Waals surface area (Å²) < 4.78 is 0.207. The van der Waals surface area contributed by atoms with Crippen LogP contribution >= 0.6 is 34.7 Å². The van der Waals surface area contributed by atoms with Crippen molar-refractivity contribution >= 4 is 56.1 Å². The van der Waals surface area contributed by atoms with E-state index in [4.69, 9.17) is 11.6 Å². The van der Waals surface area contributed by atoms with Crippen molar-refractivity contribution in [2.45, 2.75) is 25.1 Å². The number of thioether (sulfide) groups is 1. The molecule has 1 aliphatic heterocycles. The van der Waals surface area contributed by atoms with Crippen LogP contribution < -0.4 is 0 Å². The summed E-state index contributed by atoms with van der Waals surface area (Å²) in [5.74, 6) is -0.149.